The number of aromatic nitrogens is 3. The molecule has 3 aliphatic heterocycles. The van der Waals surface area contributed by atoms with E-state index in [1.54, 1.807) is 18.5 Å². The van der Waals surface area contributed by atoms with Gasteiger partial charge in [0.25, 0.3) is 0 Å². The van der Waals surface area contributed by atoms with Crippen LogP contribution in [0.25, 0.3) is 5.65 Å². The van der Waals surface area contributed by atoms with Crippen molar-refractivity contribution in [2.24, 2.45) is 0 Å². The second kappa shape index (κ2) is 10.8. The molecule has 0 saturated carbocycles. The first-order chi connectivity index (χ1) is 19.2. The molecule has 1 N–H and O–H groups in total. The van der Waals surface area contributed by atoms with Gasteiger partial charge in [-0.2, -0.15) is 5.10 Å². The van der Waals surface area contributed by atoms with Gasteiger partial charge in [-0.25, -0.2) is 13.9 Å². The van der Waals surface area contributed by atoms with Gasteiger partial charge in [0.1, 0.15) is 12.1 Å². The van der Waals surface area contributed by atoms with Crippen molar-refractivity contribution in [1.29, 1.82) is 0 Å². The van der Waals surface area contributed by atoms with E-state index in [2.05, 4.69) is 59.0 Å². The molecule has 9 nitrogen and oxygen atoms in total. The molecule has 0 bridgehead atoms. The number of piperazine rings is 1. The molecule has 6 rings (SSSR count). The van der Waals surface area contributed by atoms with Crippen molar-refractivity contribution < 1.29 is 13.9 Å². The second-order valence-electron chi connectivity index (χ2n) is 12.4. The van der Waals surface area contributed by atoms with Gasteiger partial charge >= 0.3 is 0 Å². The first kappa shape index (κ1) is 27.3. The third-order valence-electron chi connectivity index (χ3n) is 8.71. The molecule has 0 radical (unpaired) electrons. The van der Waals surface area contributed by atoms with Gasteiger partial charge < -0.3 is 15.0 Å². The van der Waals surface area contributed by atoms with Crippen LogP contribution < -0.4 is 10.2 Å². The maximum Gasteiger partial charge on any atom is 0.241 e. The van der Waals surface area contributed by atoms with E-state index >= 15 is 0 Å². The van der Waals surface area contributed by atoms with E-state index < -0.39 is 0 Å². The molecule has 214 valence electrons. The zero-order valence-corrected chi connectivity index (χ0v) is 23.9. The van der Waals surface area contributed by atoms with Crippen molar-refractivity contribution in [1.82, 2.24) is 29.7 Å². The van der Waals surface area contributed by atoms with Crippen LogP contribution in [0.2, 0.25) is 0 Å². The molecule has 10 heteroatoms. The number of fused-ring (bicyclic) bond motifs is 3. The number of nitrogens with one attached hydrogen (secondary N) is 1. The van der Waals surface area contributed by atoms with Crippen molar-refractivity contribution in [3.05, 3.63) is 59.3 Å². The Hall–Kier alpha value is -2.92. The minimum atomic E-state index is -0.287. The Kier molecular flexibility index (Phi) is 7.37. The van der Waals surface area contributed by atoms with Crippen molar-refractivity contribution in [3.8, 4) is 0 Å². The Morgan fingerprint density at radius 1 is 1.20 bits per heavy atom. The fourth-order valence-electron chi connectivity index (χ4n) is 6.57. The average Bonchev–Trinajstić information content (AvgIpc) is 3.50. The van der Waals surface area contributed by atoms with E-state index in [9.17, 15) is 9.18 Å². The SMILES string of the molecule is C[C@@H]1CN(CC(=O)N2CC(C)(C)c3c2cc(Cc2ccc(F)cc2)c2ncnn32)[C@@H](CN2CCOC[C@H]2C)CN1. The maximum atomic E-state index is 14.1. The molecular formula is C30H40FN7O2. The van der Waals surface area contributed by atoms with Crippen LogP contribution in [-0.2, 0) is 21.4 Å². The molecule has 1 amide bonds. The van der Waals surface area contributed by atoms with E-state index in [0.29, 0.717) is 31.6 Å². The number of halogens is 1. The lowest BCUT2D eigenvalue weighted by Gasteiger charge is -2.43. The van der Waals surface area contributed by atoms with Crippen molar-refractivity contribution in [3.63, 3.8) is 0 Å². The van der Waals surface area contributed by atoms with Gasteiger partial charge in [-0.05, 0) is 37.6 Å². The summed E-state index contributed by atoms with van der Waals surface area (Å²) in [7, 11) is 0. The van der Waals surface area contributed by atoms with Gasteiger partial charge in [-0.15, -0.1) is 0 Å². The summed E-state index contributed by atoms with van der Waals surface area (Å²) in [4.78, 5) is 25.5. The third-order valence-corrected chi connectivity index (χ3v) is 8.71. The minimum Gasteiger partial charge on any atom is -0.379 e. The van der Waals surface area contributed by atoms with Crippen molar-refractivity contribution >= 4 is 17.2 Å². The highest BCUT2D eigenvalue weighted by molar-refractivity contribution is 5.97. The van der Waals surface area contributed by atoms with Gasteiger partial charge in [-0.1, -0.05) is 26.0 Å². The van der Waals surface area contributed by atoms with Gasteiger partial charge in [-0.3, -0.25) is 14.6 Å². The number of ether oxygens (including phenoxy) is 1. The summed E-state index contributed by atoms with van der Waals surface area (Å²) in [5, 5.41) is 8.20. The molecule has 3 aromatic rings. The number of amides is 1. The molecule has 2 aromatic heterocycles. The molecule has 0 unspecified atom stereocenters. The topological polar surface area (TPSA) is 78.2 Å². The zero-order valence-electron chi connectivity index (χ0n) is 23.9. The van der Waals surface area contributed by atoms with Crippen LogP contribution in [0.1, 0.15) is 44.5 Å². The summed E-state index contributed by atoms with van der Waals surface area (Å²) in [5.74, 6) is -0.152. The number of nitrogens with zero attached hydrogens (tertiary/aromatic N) is 6. The lowest BCUT2D eigenvalue weighted by molar-refractivity contribution is -0.121. The van der Waals surface area contributed by atoms with E-state index in [-0.39, 0.29) is 23.2 Å². The van der Waals surface area contributed by atoms with E-state index in [1.165, 1.54) is 12.1 Å². The summed E-state index contributed by atoms with van der Waals surface area (Å²) in [6.07, 6.45) is 2.15. The molecular weight excluding hydrogens is 509 g/mol. The summed E-state index contributed by atoms with van der Waals surface area (Å²) in [6, 6.07) is 9.60. The smallest absolute Gasteiger partial charge is 0.241 e. The first-order valence-corrected chi connectivity index (χ1v) is 14.4. The second-order valence-corrected chi connectivity index (χ2v) is 12.4. The highest BCUT2D eigenvalue weighted by Gasteiger charge is 2.42. The largest absolute Gasteiger partial charge is 0.379 e. The fourth-order valence-corrected chi connectivity index (χ4v) is 6.57. The van der Waals surface area contributed by atoms with Gasteiger partial charge in [0.15, 0.2) is 5.65 Å². The molecule has 2 fully saturated rings. The quantitative estimate of drug-likeness (QED) is 0.506. The highest BCUT2D eigenvalue weighted by Crippen LogP contribution is 2.42. The highest BCUT2D eigenvalue weighted by atomic mass is 19.1. The molecule has 3 aliphatic rings. The van der Waals surface area contributed by atoms with Crippen molar-refractivity contribution in [2.45, 2.75) is 57.7 Å². The molecule has 5 heterocycles. The summed E-state index contributed by atoms with van der Waals surface area (Å²) in [5.41, 5.74) is 4.34. The fraction of sp³-hybridized carbons (Fsp3) is 0.567. The number of anilines is 1. The van der Waals surface area contributed by atoms with Gasteiger partial charge in [0.05, 0.1) is 31.1 Å². The molecule has 0 aliphatic carbocycles. The molecule has 40 heavy (non-hydrogen) atoms. The Morgan fingerprint density at radius 3 is 2.77 bits per heavy atom. The zero-order chi connectivity index (χ0) is 28.0. The predicted octanol–water partition coefficient (Wildman–Crippen LogP) is 2.47. The van der Waals surface area contributed by atoms with Crippen LogP contribution in [0, 0.1) is 5.82 Å². The summed E-state index contributed by atoms with van der Waals surface area (Å²) in [6.45, 7) is 14.7. The van der Waals surface area contributed by atoms with Crippen molar-refractivity contribution in [2.75, 3.05) is 57.4 Å². The molecule has 2 saturated heterocycles. The number of morpholine rings is 1. The Morgan fingerprint density at radius 2 is 2.00 bits per heavy atom. The minimum absolute atomic E-state index is 0.105. The number of pyridine rings is 1. The third kappa shape index (κ3) is 5.25. The number of benzene rings is 1. The standard InChI is InChI=1S/C30H40FN7O2/c1-20-14-36(25(13-32-20)15-35-9-10-40-17-21(35)2)16-27(39)37-18-30(3,4)28-26(37)12-23(29-33-19-34-38(28)29)11-22-5-7-24(31)8-6-22/h5-8,12,19-21,25,32H,9-11,13-18H2,1-4H3/t20-,21-,25-/m1/s1. The molecule has 1 aromatic carbocycles. The lowest BCUT2D eigenvalue weighted by atomic mass is 9.90. The normalized spacial score (nSPS) is 25.4. The monoisotopic (exact) mass is 549 g/mol. The maximum absolute atomic E-state index is 14.1. The number of carbonyl (C=O) groups excluding carboxylic acids is 1. The Labute approximate surface area is 235 Å². The van der Waals surface area contributed by atoms with Crippen LogP contribution in [-0.4, -0.2) is 101 Å². The number of hydrogen-bond donors (Lipinski definition) is 1. The van der Waals surface area contributed by atoms with Gasteiger partial charge in [0.2, 0.25) is 5.91 Å². The number of hydrogen-bond acceptors (Lipinski definition) is 7. The van der Waals surface area contributed by atoms with Crippen LogP contribution in [0.4, 0.5) is 10.1 Å². The number of carbonyl (C=O) groups is 1. The van der Waals surface area contributed by atoms with E-state index in [4.69, 9.17) is 4.74 Å². The molecule has 0 spiro atoms. The first-order valence-electron chi connectivity index (χ1n) is 14.4. The van der Waals surface area contributed by atoms with Gasteiger partial charge in [0, 0.05) is 68.2 Å². The average molecular weight is 550 g/mol. The molecule has 3 atom stereocenters. The summed E-state index contributed by atoms with van der Waals surface area (Å²) >= 11 is 0. The summed E-state index contributed by atoms with van der Waals surface area (Å²) < 4.78 is 21.1. The van der Waals surface area contributed by atoms with Crippen LogP contribution >= 0.6 is 0 Å². The van der Waals surface area contributed by atoms with E-state index in [1.807, 2.05) is 9.42 Å². The van der Waals surface area contributed by atoms with Crippen LogP contribution in [0.3, 0.4) is 0 Å². The van der Waals surface area contributed by atoms with Crippen LogP contribution in [0.5, 0.6) is 0 Å². The predicted molar refractivity (Wildman–Crippen MR) is 152 cm³/mol. The van der Waals surface area contributed by atoms with Crippen LogP contribution in [0.15, 0.2) is 36.7 Å². The number of rotatable bonds is 6. The lowest BCUT2D eigenvalue weighted by Crippen LogP contribution is -2.62. The van der Waals surface area contributed by atoms with E-state index in [0.717, 1.165) is 67.5 Å². The Bertz CT molecular complexity index is 1370. The Balaban J connectivity index is 1.28.